The van der Waals surface area contributed by atoms with E-state index in [1.54, 1.807) is 55.4 Å². The highest BCUT2D eigenvalue weighted by molar-refractivity contribution is 7.92. The third-order valence-corrected chi connectivity index (χ3v) is 13.8. The van der Waals surface area contributed by atoms with Gasteiger partial charge in [0.05, 0.1) is 20.0 Å². The summed E-state index contributed by atoms with van der Waals surface area (Å²) in [5, 5.41) is 9.38. The lowest BCUT2D eigenvalue weighted by Gasteiger charge is -2.20. The van der Waals surface area contributed by atoms with Gasteiger partial charge in [-0.2, -0.15) is 13.2 Å². The van der Waals surface area contributed by atoms with Crippen LogP contribution in [0.15, 0.2) is 0 Å². The molecule has 0 aliphatic heterocycles. The maximum absolute atomic E-state index is 11.0. The standard InChI is InChI=1S/C10H18O5.C5H10O2S.C4H9NO2S.C4H8O2S.C3H7NO2S.C2HF3O.CH4/c1-9(2,3)14-7(11)13-8(12)15-10(4,5)6;1-5(3-4-5)8(2,6)7;1-4(2-3-4)8(5,6)7;1-7(5,6)4-2-3-4;4-7(5,6)3-1-2-3;3-2(4,5)1-6;/h1-6H3;3-4H2,1-2H3;2-3H2,1H3,(H2,5,6,7);4H,2-3H2,1H3;3H,1-2H2,(H2,4,5,6);1H;1H4. The van der Waals surface area contributed by atoms with E-state index in [1.807, 2.05) is 0 Å². The second-order valence-electron chi connectivity index (χ2n) is 14.7. The number of halogens is 3. The molecule has 4 saturated carbocycles. The van der Waals surface area contributed by atoms with Gasteiger partial charge in [0, 0.05) is 12.5 Å². The Morgan fingerprint density at radius 3 is 1.02 bits per heavy atom. The van der Waals surface area contributed by atoms with Crippen molar-refractivity contribution in [2.24, 2.45) is 10.3 Å². The van der Waals surface area contributed by atoms with Crippen LogP contribution in [0.1, 0.15) is 114 Å². The third-order valence-electron chi connectivity index (χ3n) is 6.69. The first-order valence-corrected chi connectivity index (χ1v) is 22.3. The number of carbonyl (C=O) groups is 3. The molecule has 0 amide bonds. The van der Waals surface area contributed by atoms with Crippen LogP contribution in [0.25, 0.3) is 0 Å². The molecular formula is C29H57F3N2O14S4. The molecule has 0 atom stereocenters. The van der Waals surface area contributed by atoms with Crippen LogP contribution in [-0.4, -0.2) is 102 Å². The predicted octanol–water partition coefficient (Wildman–Crippen LogP) is 4.30. The van der Waals surface area contributed by atoms with E-state index in [1.165, 1.54) is 12.5 Å². The van der Waals surface area contributed by atoms with Crippen molar-refractivity contribution in [2.45, 2.75) is 152 Å². The molecule has 312 valence electrons. The summed E-state index contributed by atoms with van der Waals surface area (Å²) >= 11 is 0. The predicted molar refractivity (Wildman–Crippen MR) is 190 cm³/mol. The van der Waals surface area contributed by atoms with E-state index in [0.717, 1.165) is 51.4 Å². The molecule has 0 aromatic rings. The lowest BCUT2D eigenvalue weighted by atomic mass is 10.2. The van der Waals surface area contributed by atoms with Gasteiger partial charge in [0.2, 0.25) is 26.3 Å². The number of hydrogen-bond donors (Lipinski definition) is 2. The van der Waals surface area contributed by atoms with Crippen molar-refractivity contribution in [3.8, 4) is 0 Å². The number of sulfone groups is 2. The Kier molecular flexibility index (Phi) is 20.3. The zero-order chi connectivity index (χ0) is 41.3. The lowest BCUT2D eigenvalue weighted by molar-refractivity contribution is -0.156. The molecule has 52 heavy (non-hydrogen) atoms. The number of nitrogens with two attached hydrogens (primary N) is 2. The number of rotatable bonds is 4. The number of sulfonamides is 2. The Balaban J connectivity index is -0.000000569. The minimum Gasteiger partial charge on any atom is -0.428 e. The van der Waals surface area contributed by atoms with Crippen LogP contribution in [0.4, 0.5) is 22.8 Å². The van der Waals surface area contributed by atoms with E-state index in [2.05, 4.69) is 4.74 Å². The summed E-state index contributed by atoms with van der Waals surface area (Å²) < 4.78 is 128. The van der Waals surface area contributed by atoms with Crippen LogP contribution < -0.4 is 10.3 Å². The Morgan fingerprint density at radius 1 is 0.673 bits per heavy atom. The molecule has 0 radical (unpaired) electrons. The summed E-state index contributed by atoms with van der Waals surface area (Å²) in [6, 6.07) is 0. The van der Waals surface area contributed by atoms with E-state index in [4.69, 9.17) is 24.5 Å². The molecule has 4 fully saturated rings. The minimum atomic E-state index is -4.64. The monoisotopic (exact) mass is 842 g/mol. The summed E-state index contributed by atoms with van der Waals surface area (Å²) in [6.07, 6.45) is 1.25. The molecule has 4 aliphatic carbocycles. The Bertz CT molecular complexity index is 1500. The average Bonchev–Trinajstić information content (AvgIpc) is 3.68. The second kappa shape index (κ2) is 19.5. The fourth-order valence-corrected chi connectivity index (χ4v) is 5.81. The number of alkyl halides is 3. The molecule has 4 N–H and O–H groups in total. The van der Waals surface area contributed by atoms with E-state index in [9.17, 15) is 56.4 Å². The van der Waals surface area contributed by atoms with E-state index in [0.29, 0.717) is 0 Å². The first kappa shape index (κ1) is 54.3. The largest absolute Gasteiger partial charge is 0.519 e. The van der Waals surface area contributed by atoms with Gasteiger partial charge in [-0.15, -0.1) is 0 Å². The topological polar surface area (TPSA) is 268 Å². The van der Waals surface area contributed by atoms with Gasteiger partial charge in [-0.1, -0.05) is 7.43 Å². The molecule has 4 aliphatic rings. The van der Waals surface area contributed by atoms with Gasteiger partial charge in [0.1, 0.15) is 21.0 Å². The van der Waals surface area contributed by atoms with E-state index < -0.39 is 80.4 Å². The van der Waals surface area contributed by atoms with Gasteiger partial charge in [0.15, 0.2) is 9.84 Å². The second-order valence-corrected chi connectivity index (χ2v) is 23.5. The molecule has 23 heteroatoms. The molecule has 0 unspecified atom stereocenters. The van der Waals surface area contributed by atoms with Crippen LogP contribution in [-0.2, 0) is 58.7 Å². The molecule has 16 nitrogen and oxygen atoms in total. The molecular weight excluding hydrogens is 786 g/mol. The minimum absolute atomic E-state index is 0. The van der Waals surface area contributed by atoms with Crippen molar-refractivity contribution in [1.29, 1.82) is 0 Å². The van der Waals surface area contributed by atoms with Crippen LogP contribution in [0.2, 0.25) is 0 Å². The molecule has 0 heterocycles. The normalized spacial score (nSPS) is 18.5. The molecule has 0 aromatic heterocycles. The van der Waals surface area contributed by atoms with Gasteiger partial charge in [-0.25, -0.2) is 53.5 Å². The van der Waals surface area contributed by atoms with Crippen LogP contribution >= 0.6 is 0 Å². The highest BCUT2D eigenvalue weighted by Crippen LogP contribution is 2.42. The molecule has 4 rings (SSSR count). The fraction of sp³-hybridized carbons (Fsp3) is 0.897. The summed E-state index contributed by atoms with van der Waals surface area (Å²) in [7, 11) is -11.7. The van der Waals surface area contributed by atoms with Crippen LogP contribution in [0.5, 0.6) is 0 Å². The highest BCUT2D eigenvalue weighted by Gasteiger charge is 2.48. The number of hydrogen-bond acceptors (Lipinski definition) is 14. The Labute approximate surface area is 307 Å². The fourth-order valence-electron chi connectivity index (χ4n) is 2.51. The van der Waals surface area contributed by atoms with Crippen molar-refractivity contribution in [3.63, 3.8) is 0 Å². The lowest BCUT2D eigenvalue weighted by Crippen LogP contribution is -2.29. The first-order valence-electron chi connectivity index (χ1n) is 15.3. The van der Waals surface area contributed by atoms with Crippen molar-refractivity contribution >= 4 is 58.3 Å². The average molecular weight is 843 g/mol. The number of primary sulfonamides is 2. The Morgan fingerprint density at radius 2 is 0.962 bits per heavy atom. The molecule has 0 spiro atoms. The van der Waals surface area contributed by atoms with Crippen molar-refractivity contribution < 1.29 is 75.4 Å². The zero-order valence-corrected chi connectivity index (χ0v) is 33.8. The number of ether oxygens (including phenoxy) is 3. The van der Waals surface area contributed by atoms with Gasteiger partial charge in [0.25, 0.3) is 0 Å². The SMILES string of the molecule is C.CC(C)(C)OC(=O)OC(=O)OC(C)(C)C.CC1(S(C)(=O)=O)CC1.CC1(S(N)(=O)=O)CC1.CS(=O)(=O)C1CC1.NS(=O)(=O)C1CC1.O=CC(F)(F)F. The molecule has 0 bridgehead atoms. The first-order chi connectivity index (χ1) is 22.2. The van der Waals surface area contributed by atoms with Crippen LogP contribution in [0, 0.1) is 0 Å². The van der Waals surface area contributed by atoms with E-state index in [-0.39, 0.29) is 22.7 Å². The third kappa shape index (κ3) is 28.4. The van der Waals surface area contributed by atoms with Crippen molar-refractivity contribution in [2.75, 3.05) is 12.5 Å². The molecule has 0 saturated heterocycles. The number of carbonyl (C=O) groups excluding carboxylic acids is 3. The maximum Gasteiger partial charge on any atom is 0.519 e. The van der Waals surface area contributed by atoms with Gasteiger partial charge < -0.3 is 14.2 Å². The Hall–Kier alpha value is -2.08. The highest BCUT2D eigenvalue weighted by atomic mass is 32.2. The van der Waals surface area contributed by atoms with Gasteiger partial charge in [-0.05, 0) is 107 Å². The zero-order valence-electron chi connectivity index (χ0n) is 30.5. The van der Waals surface area contributed by atoms with Gasteiger partial charge in [-0.3, -0.25) is 4.79 Å². The summed E-state index contributed by atoms with van der Waals surface area (Å²) in [5.74, 6) is 0. The van der Waals surface area contributed by atoms with Crippen LogP contribution in [0.3, 0.4) is 0 Å². The van der Waals surface area contributed by atoms with Gasteiger partial charge >= 0.3 is 18.5 Å². The maximum atomic E-state index is 11.0. The van der Waals surface area contributed by atoms with E-state index >= 15 is 0 Å². The van der Waals surface area contributed by atoms with Crippen molar-refractivity contribution in [1.82, 2.24) is 0 Å². The summed E-state index contributed by atoms with van der Waals surface area (Å²) in [4.78, 5) is 30.7. The quantitative estimate of drug-likeness (QED) is 0.227. The molecule has 0 aromatic carbocycles. The van der Waals surface area contributed by atoms with Crippen molar-refractivity contribution in [3.05, 3.63) is 0 Å². The smallest absolute Gasteiger partial charge is 0.428 e. The summed E-state index contributed by atoms with van der Waals surface area (Å²) in [6.45, 7) is 13.5. The summed E-state index contributed by atoms with van der Waals surface area (Å²) in [5.41, 5.74) is -1.39. The number of aldehydes is 1.